The Labute approximate surface area is 95.2 Å². The molecule has 1 aliphatic rings. The summed E-state index contributed by atoms with van der Waals surface area (Å²) >= 11 is 0. The fraction of sp³-hybridized carbons (Fsp3) is 0.800. The van der Waals surface area contributed by atoms with Gasteiger partial charge in [-0.1, -0.05) is 0 Å². The van der Waals surface area contributed by atoms with Crippen molar-refractivity contribution in [3.8, 4) is 0 Å². The van der Waals surface area contributed by atoms with Gasteiger partial charge in [-0.2, -0.15) is 0 Å². The topological polar surface area (TPSA) is 72.9 Å². The van der Waals surface area contributed by atoms with Gasteiger partial charge in [-0.05, 0) is 19.3 Å². The van der Waals surface area contributed by atoms with E-state index < -0.39 is 5.97 Å². The van der Waals surface area contributed by atoms with Crippen LogP contribution in [0.4, 0.5) is 4.79 Å². The maximum absolute atomic E-state index is 11.8. The molecule has 1 fully saturated rings. The Bertz CT molecular complexity index is 268. The SMILES string of the molecule is CN(C)NC(=O)N1CCCCC1CC(=O)O. The lowest BCUT2D eigenvalue weighted by Crippen LogP contribution is -2.52. The number of nitrogens with zero attached hydrogens (tertiary/aromatic N) is 2. The number of piperidine rings is 1. The van der Waals surface area contributed by atoms with E-state index in [-0.39, 0.29) is 18.5 Å². The number of carboxylic acid groups (broad SMARTS) is 1. The number of amides is 2. The molecule has 1 aliphatic heterocycles. The number of aliphatic carboxylic acids is 1. The maximum atomic E-state index is 11.8. The molecule has 0 aromatic rings. The lowest BCUT2D eigenvalue weighted by atomic mass is 10.00. The van der Waals surface area contributed by atoms with Crippen LogP contribution in [0.25, 0.3) is 0 Å². The summed E-state index contributed by atoms with van der Waals surface area (Å²) in [4.78, 5) is 24.1. The van der Waals surface area contributed by atoms with Crippen LogP contribution in [-0.2, 0) is 4.79 Å². The zero-order chi connectivity index (χ0) is 12.1. The number of rotatable bonds is 3. The van der Waals surface area contributed by atoms with E-state index in [1.807, 2.05) is 0 Å². The molecule has 0 saturated carbocycles. The first-order valence-corrected chi connectivity index (χ1v) is 5.47. The second kappa shape index (κ2) is 5.69. The van der Waals surface area contributed by atoms with E-state index in [0.717, 1.165) is 19.3 Å². The second-order valence-electron chi connectivity index (χ2n) is 4.25. The molecule has 0 aromatic heterocycles. The van der Waals surface area contributed by atoms with E-state index in [2.05, 4.69) is 5.43 Å². The normalized spacial score (nSPS) is 20.9. The van der Waals surface area contributed by atoms with Gasteiger partial charge in [0.25, 0.3) is 0 Å². The molecule has 1 heterocycles. The molecule has 0 aromatic carbocycles. The smallest absolute Gasteiger partial charge is 0.332 e. The molecule has 16 heavy (non-hydrogen) atoms. The minimum atomic E-state index is -0.852. The summed E-state index contributed by atoms with van der Waals surface area (Å²) in [5, 5.41) is 10.3. The number of hydrogen-bond donors (Lipinski definition) is 2. The Morgan fingerprint density at radius 2 is 2.12 bits per heavy atom. The molecule has 1 rings (SSSR count). The van der Waals surface area contributed by atoms with Crippen LogP contribution in [0, 0.1) is 0 Å². The number of urea groups is 1. The zero-order valence-corrected chi connectivity index (χ0v) is 9.77. The number of carboxylic acids is 1. The van der Waals surface area contributed by atoms with Crippen molar-refractivity contribution in [3.05, 3.63) is 0 Å². The van der Waals surface area contributed by atoms with Gasteiger partial charge < -0.3 is 10.0 Å². The van der Waals surface area contributed by atoms with Crippen molar-refractivity contribution in [1.29, 1.82) is 0 Å². The fourth-order valence-electron chi connectivity index (χ4n) is 1.94. The van der Waals surface area contributed by atoms with Crippen molar-refractivity contribution in [3.63, 3.8) is 0 Å². The Morgan fingerprint density at radius 1 is 1.44 bits per heavy atom. The molecule has 0 radical (unpaired) electrons. The first-order chi connectivity index (χ1) is 7.50. The molecule has 6 heteroatoms. The molecule has 0 aliphatic carbocycles. The molecule has 2 amide bonds. The van der Waals surface area contributed by atoms with Crippen LogP contribution in [0.1, 0.15) is 25.7 Å². The quantitative estimate of drug-likeness (QED) is 0.691. The van der Waals surface area contributed by atoms with Crippen LogP contribution in [0.15, 0.2) is 0 Å². The van der Waals surface area contributed by atoms with E-state index in [1.54, 1.807) is 24.0 Å². The van der Waals surface area contributed by atoms with Crippen LogP contribution in [0.3, 0.4) is 0 Å². The largest absolute Gasteiger partial charge is 0.481 e. The fourth-order valence-corrected chi connectivity index (χ4v) is 1.94. The van der Waals surface area contributed by atoms with Gasteiger partial charge in [0.2, 0.25) is 0 Å². The van der Waals surface area contributed by atoms with Gasteiger partial charge in [-0.3, -0.25) is 10.2 Å². The first-order valence-electron chi connectivity index (χ1n) is 5.47. The van der Waals surface area contributed by atoms with E-state index in [1.165, 1.54) is 0 Å². The minimum absolute atomic E-state index is 0.0286. The summed E-state index contributed by atoms with van der Waals surface area (Å²) in [7, 11) is 3.46. The molecular formula is C10H19N3O3. The summed E-state index contributed by atoms with van der Waals surface area (Å²) in [6.07, 6.45) is 2.73. The summed E-state index contributed by atoms with van der Waals surface area (Å²) in [6, 6.07) is -0.387. The second-order valence-corrected chi connectivity index (χ2v) is 4.25. The molecule has 1 unspecified atom stereocenters. The zero-order valence-electron chi connectivity index (χ0n) is 9.77. The van der Waals surface area contributed by atoms with Crippen molar-refractivity contribution in [1.82, 2.24) is 15.3 Å². The highest BCUT2D eigenvalue weighted by Crippen LogP contribution is 2.19. The van der Waals surface area contributed by atoms with Crippen LogP contribution >= 0.6 is 0 Å². The van der Waals surface area contributed by atoms with Crippen LogP contribution in [-0.4, -0.2) is 53.7 Å². The molecule has 92 valence electrons. The number of hydrazine groups is 1. The van der Waals surface area contributed by atoms with Gasteiger partial charge in [0.1, 0.15) is 0 Å². The average Bonchev–Trinajstić information content (AvgIpc) is 2.16. The van der Waals surface area contributed by atoms with E-state index in [4.69, 9.17) is 5.11 Å². The Balaban J connectivity index is 2.58. The van der Waals surface area contributed by atoms with Crippen molar-refractivity contribution in [2.75, 3.05) is 20.6 Å². The molecular weight excluding hydrogens is 210 g/mol. The van der Waals surface area contributed by atoms with Crippen molar-refractivity contribution >= 4 is 12.0 Å². The number of carbonyl (C=O) groups is 2. The molecule has 2 N–H and O–H groups in total. The predicted molar refractivity (Wildman–Crippen MR) is 58.8 cm³/mol. The third-order valence-electron chi connectivity index (χ3n) is 2.62. The lowest BCUT2D eigenvalue weighted by Gasteiger charge is -2.35. The number of nitrogens with one attached hydrogen (secondary N) is 1. The van der Waals surface area contributed by atoms with Gasteiger partial charge in [0, 0.05) is 26.7 Å². The number of carbonyl (C=O) groups excluding carboxylic acids is 1. The Morgan fingerprint density at radius 3 is 2.69 bits per heavy atom. The predicted octanol–water partition coefficient (Wildman–Crippen LogP) is 0.502. The third kappa shape index (κ3) is 3.69. The van der Waals surface area contributed by atoms with Crippen LogP contribution in [0.2, 0.25) is 0 Å². The van der Waals surface area contributed by atoms with Gasteiger partial charge >= 0.3 is 12.0 Å². The molecule has 6 nitrogen and oxygen atoms in total. The Hall–Kier alpha value is -1.30. The number of likely N-dealkylation sites (tertiary alicyclic amines) is 1. The monoisotopic (exact) mass is 229 g/mol. The standard InChI is InChI=1S/C10H19N3O3/c1-12(2)11-10(16)13-6-4-3-5-8(13)7-9(14)15/h8H,3-7H2,1-2H3,(H,11,16)(H,14,15). The van der Waals surface area contributed by atoms with Crippen molar-refractivity contribution in [2.45, 2.75) is 31.7 Å². The van der Waals surface area contributed by atoms with Crippen molar-refractivity contribution < 1.29 is 14.7 Å². The third-order valence-corrected chi connectivity index (χ3v) is 2.62. The summed E-state index contributed by atoms with van der Waals surface area (Å²) < 4.78 is 0. The van der Waals surface area contributed by atoms with Gasteiger partial charge in [-0.25, -0.2) is 9.80 Å². The molecule has 1 atom stereocenters. The van der Waals surface area contributed by atoms with Gasteiger partial charge in [-0.15, -0.1) is 0 Å². The molecule has 0 spiro atoms. The van der Waals surface area contributed by atoms with Crippen LogP contribution in [0.5, 0.6) is 0 Å². The summed E-state index contributed by atoms with van der Waals surface area (Å²) in [6.45, 7) is 0.637. The first kappa shape index (κ1) is 12.8. The maximum Gasteiger partial charge on any atom is 0.332 e. The minimum Gasteiger partial charge on any atom is -0.481 e. The van der Waals surface area contributed by atoms with Crippen LogP contribution < -0.4 is 5.43 Å². The van der Waals surface area contributed by atoms with Crippen molar-refractivity contribution in [2.24, 2.45) is 0 Å². The summed E-state index contributed by atoms with van der Waals surface area (Å²) in [5.74, 6) is -0.852. The van der Waals surface area contributed by atoms with E-state index in [0.29, 0.717) is 6.54 Å². The highest BCUT2D eigenvalue weighted by Gasteiger charge is 2.28. The lowest BCUT2D eigenvalue weighted by molar-refractivity contribution is -0.138. The van der Waals surface area contributed by atoms with E-state index in [9.17, 15) is 9.59 Å². The summed E-state index contributed by atoms with van der Waals surface area (Å²) in [5.41, 5.74) is 2.64. The van der Waals surface area contributed by atoms with Gasteiger partial charge in [0.15, 0.2) is 0 Å². The highest BCUT2D eigenvalue weighted by atomic mass is 16.4. The Kier molecular flexibility index (Phi) is 4.54. The average molecular weight is 229 g/mol. The van der Waals surface area contributed by atoms with Gasteiger partial charge in [0.05, 0.1) is 6.42 Å². The van der Waals surface area contributed by atoms with E-state index >= 15 is 0 Å². The molecule has 0 bridgehead atoms. The highest BCUT2D eigenvalue weighted by molar-refractivity contribution is 5.75. The molecule has 1 saturated heterocycles. The number of hydrogen-bond acceptors (Lipinski definition) is 3.